The second-order valence-corrected chi connectivity index (χ2v) is 3.00. The van der Waals surface area contributed by atoms with Crippen molar-refractivity contribution in [2.75, 3.05) is 0 Å². The van der Waals surface area contributed by atoms with Crippen LogP contribution in [0.5, 0.6) is 0 Å². The Hall–Kier alpha value is -1.28. The molecule has 0 aliphatic carbocycles. The van der Waals surface area contributed by atoms with E-state index in [9.17, 15) is 0 Å². The molecule has 2 rings (SSSR count). The maximum atomic E-state index is 3.13. The highest BCUT2D eigenvalue weighted by molar-refractivity contribution is 5.65. The highest BCUT2D eigenvalue weighted by atomic mass is 15.4. The van der Waals surface area contributed by atoms with Crippen LogP contribution in [0.4, 0.5) is 0 Å². The van der Waals surface area contributed by atoms with Gasteiger partial charge in [0.05, 0.1) is 5.70 Å². The molecule has 0 radical (unpaired) electrons. The Balaban J connectivity index is 2.27. The van der Waals surface area contributed by atoms with E-state index in [0.29, 0.717) is 6.04 Å². The van der Waals surface area contributed by atoms with Gasteiger partial charge in [0.25, 0.3) is 0 Å². The fraction of sp³-hybridized carbons (Fsp3) is 0.200. The van der Waals surface area contributed by atoms with Crippen LogP contribution >= 0.6 is 0 Å². The summed E-state index contributed by atoms with van der Waals surface area (Å²) in [4.78, 5) is 0. The lowest BCUT2D eigenvalue weighted by Crippen LogP contribution is -2.29. The van der Waals surface area contributed by atoms with Crippen molar-refractivity contribution in [1.82, 2.24) is 10.9 Å². The van der Waals surface area contributed by atoms with Crippen LogP contribution < -0.4 is 10.9 Å². The van der Waals surface area contributed by atoms with Gasteiger partial charge in [-0.2, -0.15) is 0 Å². The van der Waals surface area contributed by atoms with E-state index in [0.717, 1.165) is 0 Å². The predicted octanol–water partition coefficient (Wildman–Crippen LogP) is 1.52. The lowest BCUT2D eigenvalue weighted by Gasteiger charge is -2.03. The van der Waals surface area contributed by atoms with Crippen LogP contribution in [0.2, 0.25) is 0 Å². The van der Waals surface area contributed by atoms with Gasteiger partial charge in [-0.15, -0.1) is 0 Å². The molecule has 0 amide bonds. The molecule has 0 saturated carbocycles. The summed E-state index contributed by atoms with van der Waals surface area (Å²) in [7, 11) is 0. The monoisotopic (exact) mass is 160 g/mol. The van der Waals surface area contributed by atoms with Crippen molar-refractivity contribution in [2.24, 2.45) is 0 Å². The summed E-state index contributed by atoms with van der Waals surface area (Å²) < 4.78 is 0. The molecule has 0 bridgehead atoms. The molecule has 1 aromatic carbocycles. The number of hydrogen-bond donors (Lipinski definition) is 2. The lowest BCUT2D eigenvalue weighted by molar-refractivity contribution is 0.627. The van der Waals surface area contributed by atoms with Crippen molar-refractivity contribution in [1.29, 1.82) is 0 Å². The van der Waals surface area contributed by atoms with Gasteiger partial charge in [-0.25, -0.2) is 5.43 Å². The van der Waals surface area contributed by atoms with E-state index in [1.807, 2.05) is 18.2 Å². The zero-order chi connectivity index (χ0) is 8.39. The molecule has 1 unspecified atom stereocenters. The summed E-state index contributed by atoms with van der Waals surface area (Å²) in [6, 6.07) is 10.7. The minimum Gasteiger partial charge on any atom is -0.321 e. The van der Waals surface area contributed by atoms with Gasteiger partial charge < -0.3 is 5.43 Å². The van der Waals surface area contributed by atoms with E-state index in [2.05, 4.69) is 36.0 Å². The summed E-state index contributed by atoms with van der Waals surface area (Å²) in [6.45, 7) is 2.11. The Bertz CT molecular complexity index is 290. The molecule has 0 saturated heterocycles. The normalized spacial score (nSPS) is 21.8. The first-order chi connectivity index (χ1) is 5.86. The van der Waals surface area contributed by atoms with Gasteiger partial charge in [0.15, 0.2) is 0 Å². The van der Waals surface area contributed by atoms with Gasteiger partial charge in [0.1, 0.15) is 0 Å². The second-order valence-electron chi connectivity index (χ2n) is 3.00. The summed E-state index contributed by atoms with van der Waals surface area (Å²) in [5, 5.41) is 0. The van der Waals surface area contributed by atoms with E-state index in [1.165, 1.54) is 11.3 Å². The SMILES string of the molecule is CC1C=C(c2ccccc2)NN1. The van der Waals surface area contributed by atoms with Gasteiger partial charge in [-0.05, 0) is 18.6 Å². The van der Waals surface area contributed by atoms with E-state index in [4.69, 9.17) is 0 Å². The van der Waals surface area contributed by atoms with Crippen LogP contribution in [0, 0.1) is 0 Å². The van der Waals surface area contributed by atoms with Crippen LogP contribution in [0.3, 0.4) is 0 Å². The largest absolute Gasteiger partial charge is 0.321 e. The third-order valence-electron chi connectivity index (χ3n) is 1.94. The second kappa shape index (κ2) is 2.99. The lowest BCUT2D eigenvalue weighted by atomic mass is 10.1. The fourth-order valence-corrected chi connectivity index (χ4v) is 1.31. The molecule has 2 heteroatoms. The predicted molar refractivity (Wildman–Crippen MR) is 50.2 cm³/mol. The first kappa shape index (κ1) is 7.37. The average molecular weight is 160 g/mol. The third kappa shape index (κ3) is 1.34. The molecule has 12 heavy (non-hydrogen) atoms. The Morgan fingerprint density at radius 2 is 1.92 bits per heavy atom. The molecule has 1 aliphatic heterocycles. The molecule has 2 nitrogen and oxygen atoms in total. The average Bonchev–Trinajstić information content (AvgIpc) is 2.54. The molecule has 1 aliphatic rings. The number of rotatable bonds is 1. The van der Waals surface area contributed by atoms with E-state index >= 15 is 0 Å². The molecule has 1 atom stereocenters. The topological polar surface area (TPSA) is 24.1 Å². The molecular weight excluding hydrogens is 148 g/mol. The summed E-state index contributed by atoms with van der Waals surface area (Å²) in [5.74, 6) is 0. The fourth-order valence-electron chi connectivity index (χ4n) is 1.31. The Labute approximate surface area is 72.3 Å². The van der Waals surface area contributed by atoms with Gasteiger partial charge in [0, 0.05) is 6.04 Å². The van der Waals surface area contributed by atoms with Crippen molar-refractivity contribution < 1.29 is 0 Å². The molecule has 0 aromatic heterocycles. The minimum absolute atomic E-state index is 0.417. The highest BCUT2D eigenvalue weighted by Crippen LogP contribution is 2.13. The van der Waals surface area contributed by atoms with Crippen molar-refractivity contribution in [3.63, 3.8) is 0 Å². The Morgan fingerprint density at radius 1 is 1.17 bits per heavy atom. The van der Waals surface area contributed by atoms with E-state index in [-0.39, 0.29) is 0 Å². The quantitative estimate of drug-likeness (QED) is 0.651. The van der Waals surface area contributed by atoms with Crippen molar-refractivity contribution in [3.8, 4) is 0 Å². The molecule has 1 heterocycles. The van der Waals surface area contributed by atoms with Gasteiger partial charge in [0.2, 0.25) is 0 Å². The smallest absolute Gasteiger partial charge is 0.0536 e. The summed E-state index contributed by atoms with van der Waals surface area (Å²) in [6.07, 6.45) is 2.18. The molecule has 1 aromatic rings. The standard InChI is InChI=1S/C10H12N2/c1-8-7-10(12-11-8)9-5-3-2-4-6-9/h2-8,11-12H,1H3. The zero-order valence-corrected chi connectivity index (χ0v) is 7.04. The molecule has 0 spiro atoms. The molecule has 62 valence electrons. The van der Waals surface area contributed by atoms with Crippen LogP contribution in [0.1, 0.15) is 12.5 Å². The zero-order valence-electron chi connectivity index (χ0n) is 7.04. The van der Waals surface area contributed by atoms with Gasteiger partial charge in [-0.1, -0.05) is 30.3 Å². The van der Waals surface area contributed by atoms with Crippen LogP contribution in [0.25, 0.3) is 5.70 Å². The van der Waals surface area contributed by atoms with Crippen molar-refractivity contribution >= 4 is 5.70 Å². The number of nitrogens with one attached hydrogen (secondary N) is 2. The van der Waals surface area contributed by atoms with E-state index in [1.54, 1.807) is 0 Å². The Kier molecular flexibility index (Phi) is 1.84. The van der Waals surface area contributed by atoms with Crippen LogP contribution in [-0.2, 0) is 0 Å². The van der Waals surface area contributed by atoms with Crippen LogP contribution in [0.15, 0.2) is 36.4 Å². The number of hydrogen-bond acceptors (Lipinski definition) is 2. The highest BCUT2D eigenvalue weighted by Gasteiger charge is 2.09. The Morgan fingerprint density at radius 3 is 2.50 bits per heavy atom. The van der Waals surface area contributed by atoms with Crippen LogP contribution in [-0.4, -0.2) is 6.04 Å². The maximum absolute atomic E-state index is 3.13. The summed E-state index contributed by atoms with van der Waals surface area (Å²) >= 11 is 0. The maximum Gasteiger partial charge on any atom is 0.0536 e. The van der Waals surface area contributed by atoms with Crippen molar-refractivity contribution in [3.05, 3.63) is 42.0 Å². The van der Waals surface area contributed by atoms with Crippen molar-refractivity contribution in [2.45, 2.75) is 13.0 Å². The van der Waals surface area contributed by atoms with Gasteiger partial charge in [-0.3, -0.25) is 0 Å². The minimum atomic E-state index is 0.417. The number of benzene rings is 1. The van der Waals surface area contributed by atoms with Gasteiger partial charge >= 0.3 is 0 Å². The first-order valence-corrected chi connectivity index (χ1v) is 4.15. The number of hydrazine groups is 1. The van der Waals surface area contributed by atoms with E-state index < -0.39 is 0 Å². The molecular formula is C10H12N2. The molecule has 0 fully saturated rings. The first-order valence-electron chi connectivity index (χ1n) is 4.15. The third-order valence-corrected chi connectivity index (χ3v) is 1.94. The summed E-state index contributed by atoms with van der Waals surface area (Å²) in [5.41, 5.74) is 8.66. The molecule has 2 N–H and O–H groups in total.